The Kier molecular flexibility index (Phi) is 3.65. The van der Waals surface area contributed by atoms with Gasteiger partial charge < -0.3 is 10.6 Å². The molecule has 4 bridgehead atoms. The fourth-order valence-electron chi connectivity index (χ4n) is 6.11. The van der Waals surface area contributed by atoms with Gasteiger partial charge in [-0.05, 0) is 81.2 Å². The maximum Gasteiger partial charge on any atom is 0.272 e. The molecule has 4 saturated carbocycles. The zero-order valence-electron chi connectivity index (χ0n) is 14.3. The number of nitrogens with one attached hydrogen (secondary N) is 2. The average Bonchev–Trinajstić information content (AvgIpc) is 3.08. The van der Waals surface area contributed by atoms with Crippen molar-refractivity contribution in [2.24, 2.45) is 23.7 Å². The molecule has 1 aromatic heterocycles. The Morgan fingerprint density at radius 1 is 1.17 bits per heavy atom. The minimum Gasteiger partial charge on any atom is -0.347 e. The summed E-state index contributed by atoms with van der Waals surface area (Å²) in [5.74, 6) is 3.36. The maximum atomic E-state index is 12.7. The summed E-state index contributed by atoms with van der Waals surface area (Å²) in [5.41, 5.74) is 0.592. The van der Waals surface area contributed by atoms with Crippen LogP contribution in [0.4, 0.5) is 0 Å². The number of carbonyl (C=O) groups is 1. The van der Waals surface area contributed by atoms with Gasteiger partial charge in [0.15, 0.2) is 0 Å². The highest BCUT2D eigenvalue weighted by molar-refractivity contribution is 5.92. The molecule has 1 aliphatic heterocycles. The Hall–Kier alpha value is -1.36. The van der Waals surface area contributed by atoms with Crippen LogP contribution in [0.1, 0.15) is 61.5 Å². The van der Waals surface area contributed by atoms with Crippen LogP contribution in [0.5, 0.6) is 0 Å². The summed E-state index contributed by atoms with van der Waals surface area (Å²) in [5, 5.41) is 11.4. The van der Waals surface area contributed by atoms with Gasteiger partial charge in [-0.1, -0.05) is 0 Å². The van der Waals surface area contributed by atoms with Gasteiger partial charge in [-0.15, -0.1) is 0 Å². The van der Waals surface area contributed by atoms with Gasteiger partial charge in [0.2, 0.25) is 0 Å². The van der Waals surface area contributed by atoms with Crippen molar-refractivity contribution in [2.45, 2.75) is 57.0 Å². The second-order valence-electron chi connectivity index (χ2n) is 8.61. The zero-order chi connectivity index (χ0) is 16.1. The van der Waals surface area contributed by atoms with Crippen molar-refractivity contribution >= 4 is 5.91 Å². The number of amides is 1. The fourth-order valence-corrected chi connectivity index (χ4v) is 6.11. The Bertz CT molecular complexity index is 591. The van der Waals surface area contributed by atoms with E-state index in [0.717, 1.165) is 43.2 Å². The molecule has 1 unspecified atom stereocenters. The molecule has 6 rings (SSSR count). The van der Waals surface area contributed by atoms with Crippen molar-refractivity contribution < 1.29 is 4.79 Å². The Morgan fingerprint density at radius 3 is 2.58 bits per heavy atom. The van der Waals surface area contributed by atoms with Crippen LogP contribution < -0.4 is 10.6 Å². The number of nitrogens with zero attached hydrogens (tertiary/aromatic N) is 2. The molecule has 2 N–H and O–H groups in total. The van der Waals surface area contributed by atoms with E-state index in [0.29, 0.717) is 17.8 Å². The third-order valence-corrected chi connectivity index (χ3v) is 7.01. The lowest BCUT2D eigenvalue weighted by Gasteiger charge is -2.54. The van der Waals surface area contributed by atoms with Crippen LogP contribution in [0.3, 0.4) is 0 Å². The number of aromatic nitrogens is 2. The Balaban J connectivity index is 1.26. The van der Waals surface area contributed by atoms with Crippen LogP contribution in [0.2, 0.25) is 0 Å². The second-order valence-corrected chi connectivity index (χ2v) is 8.61. The minimum absolute atomic E-state index is 0.0370. The van der Waals surface area contributed by atoms with Gasteiger partial charge in [0.1, 0.15) is 5.69 Å². The minimum atomic E-state index is 0.0370. The number of rotatable bonds is 3. The molecule has 0 aromatic carbocycles. The highest BCUT2D eigenvalue weighted by atomic mass is 16.2. The molecule has 5 aliphatic rings. The molecule has 2 heterocycles. The van der Waals surface area contributed by atoms with Crippen molar-refractivity contribution in [1.82, 2.24) is 20.4 Å². The molecule has 1 aromatic rings. The number of piperidine rings is 1. The third kappa shape index (κ3) is 2.57. The Labute approximate surface area is 143 Å². The lowest BCUT2D eigenvalue weighted by Crippen LogP contribution is -2.55. The standard InChI is InChI=1S/C19H28N4O/c24-19(17-3-5-23(22-17)16-2-1-4-20-11-16)21-18-14-7-12-6-13(9-14)10-15(18)8-12/h3,5,12-16,18,20H,1-2,4,6-11H2,(H,21,24). The molecule has 0 spiro atoms. The summed E-state index contributed by atoms with van der Waals surface area (Å²) >= 11 is 0. The smallest absolute Gasteiger partial charge is 0.272 e. The fraction of sp³-hybridized carbons (Fsp3) is 0.789. The molecule has 5 heteroatoms. The molecule has 5 nitrogen and oxygen atoms in total. The van der Waals surface area contributed by atoms with Crippen molar-refractivity contribution in [3.63, 3.8) is 0 Å². The topological polar surface area (TPSA) is 59.0 Å². The van der Waals surface area contributed by atoms with Crippen LogP contribution in [0, 0.1) is 23.7 Å². The van der Waals surface area contributed by atoms with Gasteiger partial charge in [-0.2, -0.15) is 5.10 Å². The lowest BCUT2D eigenvalue weighted by atomic mass is 9.54. The summed E-state index contributed by atoms with van der Waals surface area (Å²) < 4.78 is 1.98. The van der Waals surface area contributed by atoms with Gasteiger partial charge in [-0.25, -0.2) is 0 Å². The van der Waals surface area contributed by atoms with E-state index in [-0.39, 0.29) is 5.91 Å². The molecule has 0 radical (unpaired) electrons. The first kappa shape index (κ1) is 14.9. The summed E-state index contributed by atoms with van der Waals surface area (Å²) in [6.45, 7) is 2.05. The molecular weight excluding hydrogens is 300 g/mol. The first-order valence-corrected chi connectivity index (χ1v) is 9.83. The van der Waals surface area contributed by atoms with Crippen molar-refractivity contribution in [1.29, 1.82) is 0 Å². The molecule has 24 heavy (non-hydrogen) atoms. The van der Waals surface area contributed by atoms with E-state index in [1.807, 2.05) is 16.9 Å². The molecule has 1 atom stereocenters. The van der Waals surface area contributed by atoms with Crippen LogP contribution in [0.15, 0.2) is 12.3 Å². The van der Waals surface area contributed by atoms with E-state index in [1.165, 1.54) is 38.5 Å². The van der Waals surface area contributed by atoms with Gasteiger partial charge >= 0.3 is 0 Å². The first-order chi connectivity index (χ1) is 11.8. The molecule has 5 fully saturated rings. The van der Waals surface area contributed by atoms with Crippen molar-refractivity contribution in [3.05, 3.63) is 18.0 Å². The monoisotopic (exact) mass is 328 g/mol. The van der Waals surface area contributed by atoms with E-state index >= 15 is 0 Å². The number of hydrogen-bond donors (Lipinski definition) is 2. The SMILES string of the molecule is O=C(NC1C2CC3CC(C2)CC1C3)c1ccn(C2CCCNC2)n1. The largest absolute Gasteiger partial charge is 0.347 e. The summed E-state index contributed by atoms with van der Waals surface area (Å²) in [6, 6.07) is 2.67. The van der Waals surface area contributed by atoms with E-state index in [9.17, 15) is 4.79 Å². The molecule has 130 valence electrons. The molecule has 4 aliphatic carbocycles. The normalized spacial score (nSPS) is 40.7. The summed E-state index contributed by atoms with van der Waals surface area (Å²) in [6.07, 6.45) is 11.1. The van der Waals surface area contributed by atoms with Crippen molar-refractivity contribution in [2.75, 3.05) is 13.1 Å². The highest BCUT2D eigenvalue weighted by Gasteiger charge is 2.48. The first-order valence-electron chi connectivity index (χ1n) is 9.83. The van der Waals surface area contributed by atoms with Gasteiger partial charge in [0.25, 0.3) is 5.91 Å². The maximum absolute atomic E-state index is 12.7. The lowest BCUT2D eigenvalue weighted by molar-refractivity contribution is -0.0120. The van der Waals surface area contributed by atoms with Crippen LogP contribution in [0.25, 0.3) is 0 Å². The summed E-state index contributed by atoms with van der Waals surface area (Å²) in [4.78, 5) is 12.7. The van der Waals surface area contributed by atoms with Crippen LogP contribution in [-0.2, 0) is 0 Å². The molecule has 1 amide bonds. The van der Waals surface area contributed by atoms with E-state index in [2.05, 4.69) is 15.7 Å². The van der Waals surface area contributed by atoms with Gasteiger partial charge in [-0.3, -0.25) is 9.48 Å². The number of hydrogen-bond acceptors (Lipinski definition) is 3. The molecular formula is C19H28N4O. The predicted molar refractivity (Wildman–Crippen MR) is 91.7 cm³/mol. The van der Waals surface area contributed by atoms with E-state index in [1.54, 1.807) is 0 Å². The van der Waals surface area contributed by atoms with Crippen LogP contribution in [-0.4, -0.2) is 34.8 Å². The van der Waals surface area contributed by atoms with E-state index < -0.39 is 0 Å². The third-order valence-electron chi connectivity index (χ3n) is 7.01. The van der Waals surface area contributed by atoms with E-state index in [4.69, 9.17) is 0 Å². The van der Waals surface area contributed by atoms with Gasteiger partial charge in [0.05, 0.1) is 6.04 Å². The summed E-state index contributed by atoms with van der Waals surface area (Å²) in [7, 11) is 0. The average molecular weight is 328 g/mol. The number of carbonyl (C=O) groups excluding carboxylic acids is 1. The van der Waals surface area contributed by atoms with Crippen LogP contribution >= 0.6 is 0 Å². The molecule has 1 saturated heterocycles. The quantitative estimate of drug-likeness (QED) is 0.895. The second kappa shape index (κ2) is 5.87. The predicted octanol–water partition coefficient (Wildman–Crippen LogP) is 2.36. The highest BCUT2D eigenvalue weighted by Crippen LogP contribution is 2.53. The zero-order valence-corrected chi connectivity index (χ0v) is 14.3. The Morgan fingerprint density at radius 2 is 1.92 bits per heavy atom. The van der Waals surface area contributed by atoms with Crippen molar-refractivity contribution in [3.8, 4) is 0 Å². The van der Waals surface area contributed by atoms with Gasteiger partial charge in [0, 0.05) is 18.8 Å².